The van der Waals surface area contributed by atoms with E-state index in [0.29, 0.717) is 37.1 Å². The van der Waals surface area contributed by atoms with Gasteiger partial charge in [-0.05, 0) is 38.8 Å². The van der Waals surface area contributed by atoms with E-state index in [1.54, 1.807) is 18.2 Å². The first-order valence-electron chi connectivity index (χ1n) is 12.9. The summed E-state index contributed by atoms with van der Waals surface area (Å²) in [7, 11) is 0. The van der Waals surface area contributed by atoms with Crippen LogP contribution in [0.15, 0.2) is 35.3 Å². The van der Waals surface area contributed by atoms with E-state index in [-0.39, 0.29) is 35.8 Å². The van der Waals surface area contributed by atoms with E-state index in [9.17, 15) is 14.3 Å². The van der Waals surface area contributed by atoms with Crippen molar-refractivity contribution < 1.29 is 19.0 Å². The minimum absolute atomic E-state index is 0.0569. The summed E-state index contributed by atoms with van der Waals surface area (Å²) in [6.07, 6.45) is 1.99. The first kappa shape index (κ1) is 25.7. The second-order valence-electron chi connectivity index (χ2n) is 10.0. The number of anilines is 1. The molecule has 2 aliphatic heterocycles. The Kier molecular flexibility index (Phi) is 7.80. The highest BCUT2D eigenvalue weighted by Crippen LogP contribution is 2.28. The molecule has 2 atom stereocenters. The Morgan fingerprint density at radius 1 is 1.19 bits per heavy atom. The van der Waals surface area contributed by atoms with Gasteiger partial charge >= 0.3 is 0 Å². The summed E-state index contributed by atoms with van der Waals surface area (Å²) >= 11 is 0. The van der Waals surface area contributed by atoms with Gasteiger partial charge in [-0.1, -0.05) is 6.07 Å². The van der Waals surface area contributed by atoms with E-state index in [4.69, 9.17) is 9.47 Å². The average molecular weight is 512 g/mol. The number of hydrogen-bond donors (Lipinski definition) is 2. The number of nitrogens with zero attached hydrogens (tertiary/aromatic N) is 4. The molecule has 2 fully saturated rings. The van der Waals surface area contributed by atoms with Crippen molar-refractivity contribution in [2.45, 2.75) is 51.4 Å². The summed E-state index contributed by atoms with van der Waals surface area (Å²) in [4.78, 5) is 23.9. The second-order valence-corrected chi connectivity index (χ2v) is 10.0. The fraction of sp³-hybridized carbons (Fsp3) is 0.519. The fourth-order valence-electron chi connectivity index (χ4n) is 5.15. The van der Waals surface area contributed by atoms with Crippen LogP contribution in [0.3, 0.4) is 0 Å². The van der Waals surface area contributed by atoms with E-state index in [1.807, 2.05) is 6.07 Å². The Morgan fingerprint density at radius 2 is 2.05 bits per heavy atom. The molecule has 2 aliphatic rings. The van der Waals surface area contributed by atoms with Crippen molar-refractivity contribution in [1.29, 1.82) is 0 Å². The molecular weight excluding hydrogens is 477 g/mol. The number of benzene rings is 1. The smallest absolute Gasteiger partial charge is 0.223 e. The first-order valence-corrected chi connectivity index (χ1v) is 12.9. The number of hydrogen-bond acceptors (Lipinski definition) is 8. The lowest BCUT2D eigenvalue weighted by Gasteiger charge is -2.28. The number of fused-ring (bicyclic) bond motifs is 1. The maximum Gasteiger partial charge on any atom is 0.223 e. The zero-order valence-electron chi connectivity index (χ0n) is 21.3. The molecule has 0 spiro atoms. The number of aliphatic hydroxyl groups is 1. The SMILES string of the molecule is CC(C)n1c(CN2CCCOCC2)cc(=O)c2ccc(-c3nc(N[C@@H]4CCOC[C@H]4O)ncc3F)cc21. The summed E-state index contributed by atoms with van der Waals surface area (Å²) in [5.74, 6) is -0.322. The molecule has 198 valence electrons. The van der Waals surface area contributed by atoms with Gasteiger partial charge in [-0.3, -0.25) is 9.69 Å². The number of rotatable bonds is 6. The minimum Gasteiger partial charge on any atom is -0.389 e. The second kappa shape index (κ2) is 11.2. The van der Waals surface area contributed by atoms with Crippen molar-refractivity contribution in [3.63, 3.8) is 0 Å². The number of nitrogens with one attached hydrogen (secondary N) is 1. The molecule has 10 heteroatoms. The molecule has 37 heavy (non-hydrogen) atoms. The molecule has 1 aromatic carbocycles. The van der Waals surface area contributed by atoms with Gasteiger partial charge in [0.05, 0.1) is 37.1 Å². The van der Waals surface area contributed by atoms with Crippen LogP contribution in [0.1, 0.15) is 38.4 Å². The zero-order chi connectivity index (χ0) is 25.9. The van der Waals surface area contributed by atoms with Crippen molar-refractivity contribution in [3.8, 4) is 11.3 Å². The summed E-state index contributed by atoms with van der Waals surface area (Å²) < 4.78 is 28.0. The number of pyridine rings is 1. The van der Waals surface area contributed by atoms with Crippen molar-refractivity contribution in [2.24, 2.45) is 0 Å². The minimum atomic E-state index is -0.693. The van der Waals surface area contributed by atoms with Gasteiger partial charge in [0.1, 0.15) is 5.69 Å². The molecule has 0 saturated carbocycles. The highest BCUT2D eigenvalue weighted by molar-refractivity contribution is 5.84. The van der Waals surface area contributed by atoms with Crippen LogP contribution in [0.4, 0.5) is 10.3 Å². The maximum atomic E-state index is 15.0. The maximum absolute atomic E-state index is 15.0. The van der Waals surface area contributed by atoms with Crippen LogP contribution < -0.4 is 10.7 Å². The van der Waals surface area contributed by atoms with Gasteiger partial charge in [0.25, 0.3) is 0 Å². The van der Waals surface area contributed by atoms with Gasteiger partial charge in [-0.15, -0.1) is 0 Å². The standard InChI is InChI=1S/C27H34FN5O4/c1-17(2)33-19(15-32-7-3-9-36-11-8-32)13-24(34)20-5-4-18(12-23(20)33)26-21(28)14-29-27(31-26)30-22-6-10-37-16-25(22)35/h4-5,12-14,17,22,25,35H,3,6-11,15-16H2,1-2H3,(H,29,30,31)/t22-,25-/m1/s1. The molecule has 4 heterocycles. The molecule has 0 radical (unpaired) electrons. The van der Waals surface area contributed by atoms with Crippen LogP contribution >= 0.6 is 0 Å². The van der Waals surface area contributed by atoms with Crippen molar-refractivity contribution in [3.05, 3.63) is 52.2 Å². The molecule has 2 aromatic heterocycles. The molecule has 3 aromatic rings. The number of aromatic nitrogens is 3. The van der Waals surface area contributed by atoms with Crippen LogP contribution in [-0.4, -0.2) is 76.2 Å². The van der Waals surface area contributed by atoms with Gasteiger partial charge in [0, 0.05) is 61.6 Å². The first-order chi connectivity index (χ1) is 17.9. The van der Waals surface area contributed by atoms with Crippen LogP contribution in [0.5, 0.6) is 0 Å². The van der Waals surface area contributed by atoms with Crippen molar-refractivity contribution in [1.82, 2.24) is 19.4 Å². The molecule has 9 nitrogen and oxygen atoms in total. The van der Waals surface area contributed by atoms with E-state index < -0.39 is 11.9 Å². The van der Waals surface area contributed by atoms with E-state index in [2.05, 4.69) is 38.6 Å². The molecule has 0 unspecified atom stereocenters. The Hall–Kier alpha value is -2.92. The molecule has 2 N–H and O–H groups in total. The lowest BCUT2D eigenvalue weighted by atomic mass is 10.1. The predicted molar refractivity (Wildman–Crippen MR) is 139 cm³/mol. The topological polar surface area (TPSA) is 102 Å². The lowest BCUT2D eigenvalue weighted by Crippen LogP contribution is -2.42. The fourth-order valence-corrected chi connectivity index (χ4v) is 5.15. The molecule has 0 amide bonds. The Bertz CT molecular complexity index is 1310. The third-order valence-electron chi connectivity index (χ3n) is 7.01. The summed E-state index contributed by atoms with van der Waals surface area (Å²) in [5.41, 5.74) is 2.30. The lowest BCUT2D eigenvalue weighted by molar-refractivity contribution is -0.0136. The van der Waals surface area contributed by atoms with Crippen molar-refractivity contribution in [2.75, 3.05) is 44.8 Å². The van der Waals surface area contributed by atoms with Gasteiger partial charge < -0.3 is 24.5 Å². The third-order valence-corrected chi connectivity index (χ3v) is 7.01. The Morgan fingerprint density at radius 3 is 2.86 bits per heavy atom. The quantitative estimate of drug-likeness (QED) is 0.521. The van der Waals surface area contributed by atoms with E-state index in [0.717, 1.165) is 43.5 Å². The molecule has 0 bridgehead atoms. The van der Waals surface area contributed by atoms with Crippen LogP contribution in [0, 0.1) is 5.82 Å². The van der Waals surface area contributed by atoms with Crippen molar-refractivity contribution >= 4 is 16.9 Å². The largest absolute Gasteiger partial charge is 0.389 e. The molecule has 0 aliphatic carbocycles. The average Bonchev–Trinajstić information content (AvgIpc) is 3.15. The molecular formula is C27H34FN5O4. The van der Waals surface area contributed by atoms with Gasteiger partial charge in [-0.25, -0.2) is 14.4 Å². The van der Waals surface area contributed by atoms with Gasteiger partial charge in [-0.2, -0.15) is 0 Å². The number of ether oxygens (including phenoxy) is 2. The highest BCUT2D eigenvalue weighted by atomic mass is 19.1. The van der Waals surface area contributed by atoms with Crippen LogP contribution in [0.2, 0.25) is 0 Å². The zero-order valence-corrected chi connectivity index (χ0v) is 21.3. The molecule has 2 saturated heterocycles. The third kappa shape index (κ3) is 5.67. The highest BCUT2D eigenvalue weighted by Gasteiger charge is 2.25. The Balaban J connectivity index is 1.53. The summed E-state index contributed by atoms with van der Waals surface area (Å²) in [5, 5.41) is 13.9. The summed E-state index contributed by atoms with van der Waals surface area (Å²) in [6, 6.07) is 6.83. The number of halogens is 1. The van der Waals surface area contributed by atoms with Gasteiger partial charge in [0.2, 0.25) is 5.95 Å². The monoisotopic (exact) mass is 511 g/mol. The molecule has 5 rings (SSSR count). The van der Waals surface area contributed by atoms with Crippen LogP contribution in [0.25, 0.3) is 22.2 Å². The summed E-state index contributed by atoms with van der Waals surface area (Å²) in [6.45, 7) is 8.71. The normalized spacial score (nSPS) is 21.3. The number of aliphatic hydroxyl groups excluding tert-OH is 1. The van der Waals surface area contributed by atoms with Crippen LogP contribution in [-0.2, 0) is 16.0 Å². The van der Waals surface area contributed by atoms with Gasteiger partial charge in [0.15, 0.2) is 11.2 Å². The van der Waals surface area contributed by atoms with E-state index in [1.165, 1.54) is 0 Å². The van der Waals surface area contributed by atoms with E-state index >= 15 is 0 Å². The Labute approximate surface area is 215 Å². The predicted octanol–water partition coefficient (Wildman–Crippen LogP) is 2.96.